The van der Waals surface area contributed by atoms with Crippen LogP contribution in [0.3, 0.4) is 0 Å². The molecule has 94 valence electrons. The number of nitrogens with one attached hydrogen (secondary N) is 1. The summed E-state index contributed by atoms with van der Waals surface area (Å²) < 4.78 is 7.21. The Morgan fingerprint density at radius 3 is 3.00 bits per heavy atom. The standard InChI is InChI=1S/C12H19N3O2/c1-8-10(7-15(3)14-8)12(16)13-9(2)11-5-4-6-17-11/h7,9,11H,4-6H2,1-3H3,(H,13,16). The molecule has 1 saturated heterocycles. The summed E-state index contributed by atoms with van der Waals surface area (Å²) in [6.07, 6.45) is 3.99. The zero-order valence-corrected chi connectivity index (χ0v) is 10.6. The summed E-state index contributed by atoms with van der Waals surface area (Å²) in [6.45, 7) is 4.63. The minimum atomic E-state index is -0.0707. The van der Waals surface area contributed by atoms with Crippen LogP contribution in [0, 0.1) is 6.92 Å². The first-order valence-corrected chi connectivity index (χ1v) is 6.00. The lowest BCUT2D eigenvalue weighted by Gasteiger charge is -2.19. The van der Waals surface area contributed by atoms with Crippen LogP contribution in [-0.4, -0.2) is 34.4 Å². The van der Waals surface area contributed by atoms with Gasteiger partial charge in [-0.2, -0.15) is 5.10 Å². The van der Waals surface area contributed by atoms with Crippen molar-refractivity contribution in [1.82, 2.24) is 15.1 Å². The minimum absolute atomic E-state index is 0.0459. The minimum Gasteiger partial charge on any atom is -0.376 e. The highest BCUT2D eigenvalue weighted by Crippen LogP contribution is 2.16. The molecule has 0 aromatic carbocycles. The van der Waals surface area contributed by atoms with E-state index in [1.165, 1.54) is 0 Å². The number of nitrogens with zero attached hydrogens (tertiary/aromatic N) is 2. The molecular weight excluding hydrogens is 218 g/mol. The van der Waals surface area contributed by atoms with Gasteiger partial charge in [-0.1, -0.05) is 0 Å². The van der Waals surface area contributed by atoms with Crippen molar-refractivity contribution in [2.75, 3.05) is 6.61 Å². The number of aryl methyl sites for hydroxylation is 2. The monoisotopic (exact) mass is 237 g/mol. The highest BCUT2D eigenvalue weighted by atomic mass is 16.5. The van der Waals surface area contributed by atoms with Gasteiger partial charge in [0.15, 0.2) is 0 Å². The van der Waals surface area contributed by atoms with Crippen LogP contribution in [0.4, 0.5) is 0 Å². The number of amides is 1. The van der Waals surface area contributed by atoms with Crippen molar-refractivity contribution < 1.29 is 9.53 Å². The van der Waals surface area contributed by atoms with E-state index in [0.29, 0.717) is 5.56 Å². The van der Waals surface area contributed by atoms with Gasteiger partial charge in [-0.3, -0.25) is 9.48 Å². The van der Waals surface area contributed by atoms with Crippen LogP contribution < -0.4 is 5.32 Å². The SMILES string of the molecule is Cc1nn(C)cc1C(=O)NC(C)C1CCCO1. The largest absolute Gasteiger partial charge is 0.376 e. The molecule has 2 rings (SSSR count). The summed E-state index contributed by atoms with van der Waals surface area (Å²) >= 11 is 0. The first-order valence-electron chi connectivity index (χ1n) is 6.00. The Hall–Kier alpha value is -1.36. The second kappa shape index (κ2) is 4.87. The predicted molar refractivity (Wildman–Crippen MR) is 63.8 cm³/mol. The quantitative estimate of drug-likeness (QED) is 0.854. The Kier molecular flexibility index (Phi) is 3.47. The Bertz CT molecular complexity index is 408. The van der Waals surface area contributed by atoms with E-state index in [9.17, 15) is 4.79 Å². The van der Waals surface area contributed by atoms with E-state index < -0.39 is 0 Å². The number of carbonyl (C=O) groups is 1. The van der Waals surface area contributed by atoms with Crippen LogP contribution in [-0.2, 0) is 11.8 Å². The van der Waals surface area contributed by atoms with E-state index in [1.807, 2.05) is 20.9 Å². The van der Waals surface area contributed by atoms with E-state index >= 15 is 0 Å². The fraction of sp³-hybridized carbons (Fsp3) is 0.667. The molecule has 1 N–H and O–H groups in total. The number of hydrogen-bond acceptors (Lipinski definition) is 3. The molecule has 1 aromatic heterocycles. The van der Waals surface area contributed by atoms with Crippen LogP contribution in [0.25, 0.3) is 0 Å². The molecule has 1 aromatic rings. The Labute approximate surface area is 101 Å². The lowest BCUT2D eigenvalue weighted by molar-refractivity contribution is 0.0712. The highest BCUT2D eigenvalue weighted by Gasteiger charge is 2.24. The van der Waals surface area contributed by atoms with Crippen molar-refractivity contribution in [3.63, 3.8) is 0 Å². The van der Waals surface area contributed by atoms with Gasteiger partial charge in [0.1, 0.15) is 0 Å². The van der Waals surface area contributed by atoms with E-state index in [0.717, 1.165) is 25.1 Å². The molecule has 0 saturated carbocycles. The van der Waals surface area contributed by atoms with Gasteiger partial charge in [0.25, 0.3) is 5.91 Å². The van der Waals surface area contributed by atoms with Crippen LogP contribution >= 0.6 is 0 Å². The van der Waals surface area contributed by atoms with Crippen molar-refractivity contribution in [2.24, 2.45) is 7.05 Å². The molecule has 5 nitrogen and oxygen atoms in total. The summed E-state index contributed by atoms with van der Waals surface area (Å²) in [4.78, 5) is 12.0. The van der Waals surface area contributed by atoms with Crippen LogP contribution in [0.2, 0.25) is 0 Å². The Balaban J connectivity index is 1.98. The van der Waals surface area contributed by atoms with Gasteiger partial charge < -0.3 is 10.1 Å². The topological polar surface area (TPSA) is 56.2 Å². The van der Waals surface area contributed by atoms with Gasteiger partial charge in [0, 0.05) is 19.9 Å². The number of aromatic nitrogens is 2. The normalized spacial score (nSPS) is 21.5. The van der Waals surface area contributed by atoms with Crippen molar-refractivity contribution in [3.8, 4) is 0 Å². The summed E-state index contributed by atoms with van der Waals surface area (Å²) in [5, 5.41) is 7.14. The zero-order chi connectivity index (χ0) is 12.4. The molecule has 0 aliphatic carbocycles. The first kappa shape index (κ1) is 12.1. The highest BCUT2D eigenvalue weighted by molar-refractivity contribution is 5.95. The number of rotatable bonds is 3. The Morgan fingerprint density at radius 1 is 1.71 bits per heavy atom. The summed E-state index contributed by atoms with van der Waals surface area (Å²) in [7, 11) is 1.81. The lowest BCUT2D eigenvalue weighted by atomic mass is 10.1. The molecule has 1 aliphatic rings. The molecule has 1 fully saturated rings. The van der Waals surface area contributed by atoms with Crippen molar-refractivity contribution >= 4 is 5.91 Å². The number of hydrogen-bond donors (Lipinski definition) is 1. The maximum atomic E-state index is 12.0. The third-order valence-electron chi connectivity index (χ3n) is 3.14. The van der Waals surface area contributed by atoms with Gasteiger partial charge in [-0.05, 0) is 26.7 Å². The molecule has 2 heterocycles. The zero-order valence-electron chi connectivity index (χ0n) is 10.6. The fourth-order valence-electron chi connectivity index (χ4n) is 2.20. The first-order chi connectivity index (χ1) is 8.08. The third-order valence-corrected chi connectivity index (χ3v) is 3.14. The molecule has 2 atom stereocenters. The Morgan fingerprint density at radius 2 is 2.47 bits per heavy atom. The second-order valence-electron chi connectivity index (χ2n) is 4.62. The van der Waals surface area contributed by atoms with E-state index in [1.54, 1.807) is 10.9 Å². The summed E-state index contributed by atoms with van der Waals surface area (Å²) in [6, 6.07) is 0.0459. The molecule has 1 aliphatic heterocycles. The molecule has 0 radical (unpaired) electrons. The van der Waals surface area contributed by atoms with E-state index in [2.05, 4.69) is 10.4 Å². The van der Waals surface area contributed by atoms with Gasteiger partial charge in [-0.25, -0.2) is 0 Å². The maximum Gasteiger partial charge on any atom is 0.255 e. The maximum absolute atomic E-state index is 12.0. The number of ether oxygens (including phenoxy) is 1. The van der Waals surface area contributed by atoms with Crippen molar-refractivity contribution in [2.45, 2.75) is 38.8 Å². The summed E-state index contributed by atoms with van der Waals surface area (Å²) in [5.74, 6) is -0.0707. The fourth-order valence-corrected chi connectivity index (χ4v) is 2.20. The van der Waals surface area contributed by atoms with E-state index in [-0.39, 0.29) is 18.1 Å². The van der Waals surface area contributed by atoms with Crippen molar-refractivity contribution in [3.05, 3.63) is 17.5 Å². The van der Waals surface area contributed by atoms with Crippen LogP contribution in [0.5, 0.6) is 0 Å². The number of carbonyl (C=O) groups excluding carboxylic acids is 1. The van der Waals surface area contributed by atoms with Gasteiger partial charge in [-0.15, -0.1) is 0 Å². The molecule has 1 amide bonds. The molecule has 0 bridgehead atoms. The van der Waals surface area contributed by atoms with Gasteiger partial charge in [0.2, 0.25) is 0 Å². The van der Waals surface area contributed by atoms with Crippen molar-refractivity contribution in [1.29, 1.82) is 0 Å². The third kappa shape index (κ3) is 2.66. The molecule has 2 unspecified atom stereocenters. The average Bonchev–Trinajstić information content (AvgIpc) is 2.87. The molecular formula is C12H19N3O2. The lowest BCUT2D eigenvalue weighted by Crippen LogP contribution is -2.40. The predicted octanol–water partition coefficient (Wildman–Crippen LogP) is 1.03. The van der Waals surface area contributed by atoms with Gasteiger partial charge in [0.05, 0.1) is 23.4 Å². The second-order valence-corrected chi connectivity index (χ2v) is 4.62. The average molecular weight is 237 g/mol. The van der Waals surface area contributed by atoms with Crippen LogP contribution in [0.15, 0.2) is 6.20 Å². The molecule has 17 heavy (non-hydrogen) atoms. The summed E-state index contributed by atoms with van der Waals surface area (Å²) in [5.41, 5.74) is 1.39. The van der Waals surface area contributed by atoms with E-state index in [4.69, 9.17) is 4.74 Å². The van der Waals surface area contributed by atoms with Gasteiger partial charge >= 0.3 is 0 Å². The molecule has 0 spiro atoms. The van der Waals surface area contributed by atoms with Crippen LogP contribution in [0.1, 0.15) is 35.8 Å². The molecule has 5 heteroatoms. The smallest absolute Gasteiger partial charge is 0.255 e.